The second kappa shape index (κ2) is 15.3. The van der Waals surface area contributed by atoms with E-state index < -0.39 is 5.91 Å². The van der Waals surface area contributed by atoms with Gasteiger partial charge < -0.3 is 20.8 Å². The van der Waals surface area contributed by atoms with Crippen LogP contribution in [0.3, 0.4) is 0 Å². The lowest BCUT2D eigenvalue weighted by Gasteiger charge is -2.16. The lowest BCUT2D eigenvalue weighted by molar-refractivity contribution is -0.113. The molecule has 4 N–H and O–H groups in total. The molecule has 1 aromatic rings. The van der Waals surface area contributed by atoms with Gasteiger partial charge in [0.15, 0.2) is 0 Å². The summed E-state index contributed by atoms with van der Waals surface area (Å²) >= 11 is 0. The normalized spacial score (nSPS) is 14.9. The number of hydrogen-bond donors (Lipinski definition) is 4. The lowest BCUT2D eigenvalue weighted by Crippen LogP contribution is -2.18. The van der Waals surface area contributed by atoms with Gasteiger partial charge in [-0.05, 0) is 31.4 Å². The Morgan fingerprint density at radius 1 is 1.06 bits per heavy atom. The average molecular weight is 441 g/mol. The SMILES string of the molecule is C=C/C=C\C(=C/C)C(=O)Nc1cc(NC(=O)C2=CC=CC(C)C2)c(O)cc1O.CC.CC. The molecule has 0 saturated carbocycles. The van der Waals surface area contributed by atoms with E-state index in [0.717, 1.165) is 6.07 Å². The van der Waals surface area contributed by atoms with Crippen LogP contribution in [-0.2, 0) is 9.59 Å². The summed E-state index contributed by atoms with van der Waals surface area (Å²) in [5.41, 5.74) is 1.10. The van der Waals surface area contributed by atoms with Crippen LogP contribution < -0.4 is 10.6 Å². The number of anilines is 2. The summed E-state index contributed by atoms with van der Waals surface area (Å²) in [5.74, 6) is -1.18. The maximum Gasteiger partial charge on any atom is 0.255 e. The van der Waals surface area contributed by atoms with Crippen molar-refractivity contribution in [2.24, 2.45) is 5.92 Å². The molecule has 1 unspecified atom stereocenters. The molecule has 32 heavy (non-hydrogen) atoms. The summed E-state index contributed by atoms with van der Waals surface area (Å²) in [7, 11) is 0. The van der Waals surface area contributed by atoms with Crippen molar-refractivity contribution in [3.8, 4) is 11.5 Å². The van der Waals surface area contributed by atoms with Crippen LogP contribution >= 0.6 is 0 Å². The van der Waals surface area contributed by atoms with Crippen molar-refractivity contribution in [3.05, 3.63) is 72.4 Å². The predicted molar refractivity (Wildman–Crippen MR) is 134 cm³/mol. The number of allylic oxidation sites excluding steroid dienone is 6. The highest BCUT2D eigenvalue weighted by Gasteiger charge is 2.18. The molecule has 1 aliphatic carbocycles. The molecule has 0 spiro atoms. The molecule has 0 fully saturated rings. The van der Waals surface area contributed by atoms with Gasteiger partial charge in [-0.1, -0.05) is 77.7 Å². The van der Waals surface area contributed by atoms with Gasteiger partial charge in [0.2, 0.25) is 0 Å². The van der Waals surface area contributed by atoms with Crippen molar-refractivity contribution in [1.82, 2.24) is 0 Å². The van der Waals surface area contributed by atoms with E-state index in [2.05, 4.69) is 17.2 Å². The number of carbonyl (C=O) groups excluding carboxylic acids is 2. The highest BCUT2D eigenvalue weighted by atomic mass is 16.3. The third-order valence-corrected chi connectivity index (χ3v) is 4.17. The monoisotopic (exact) mass is 440 g/mol. The van der Waals surface area contributed by atoms with Crippen LogP contribution in [0.5, 0.6) is 11.5 Å². The van der Waals surface area contributed by atoms with Gasteiger partial charge in [0.25, 0.3) is 11.8 Å². The van der Waals surface area contributed by atoms with E-state index in [1.165, 1.54) is 6.07 Å². The van der Waals surface area contributed by atoms with E-state index in [4.69, 9.17) is 0 Å². The third kappa shape index (κ3) is 8.68. The Morgan fingerprint density at radius 3 is 2.19 bits per heavy atom. The lowest BCUT2D eigenvalue weighted by atomic mass is 9.95. The number of aromatic hydroxyl groups is 2. The molecule has 174 valence electrons. The van der Waals surface area contributed by atoms with Gasteiger partial charge in [0.1, 0.15) is 11.5 Å². The molecule has 6 nitrogen and oxygen atoms in total. The maximum atomic E-state index is 12.5. The number of benzene rings is 1. The minimum atomic E-state index is -0.451. The fourth-order valence-corrected chi connectivity index (χ4v) is 2.66. The highest BCUT2D eigenvalue weighted by Crippen LogP contribution is 2.35. The van der Waals surface area contributed by atoms with Crippen LogP contribution in [-0.4, -0.2) is 22.0 Å². The minimum Gasteiger partial charge on any atom is -0.506 e. The molecule has 0 bridgehead atoms. The molecule has 6 heteroatoms. The minimum absolute atomic E-state index is 0.0651. The summed E-state index contributed by atoms with van der Waals surface area (Å²) in [6.45, 7) is 15.3. The predicted octanol–water partition coefficient (Wildman–Crippen LogP) is 6.24. The number of phenolic OH excluding ortho intramolecular Hbond substituents is 2. The molecular weight excluding hydrogens is 404 g/mol. The molecule has 0 heterocycles. The van der Waals surface area contributed by atoms with Crippen molar-refractivity contribution in [1.29, 1.82) is 0 Å². The largest absolute Gasteiger partial charge is 0.506 e. The quantitative estimate of drug-likeness (QED) is 0.182. The molecule has 0 radical (unpaired) electrons. The van der Waals surface area contributed by atoms with Crippen molar-refractivity contribution in [2.75, 3.05) is 10.6 Å². The Bertz CT molecular complexity index is 909. The van der Waals surface area contributed by atoms with Crippen LogP contribution in [0.25, 0.3) is 0 Å². The summed E-state index contributed by atoms with van der Waals surface area (Å²) in [4.78, 5) is 24.8. The van der Waals surface area contributed by atoms with E-state index in [1.54, 1.807) is 37.3 Å². The van der Waals surface area contributed by atoms with Crippen molar-refractivity contribution >= 4 is 23.2 Å². The second-order valence-electron chi connectivity index (χ2n) is 6.39. The van der Waals surface area contributed by atoms with E-state index in [9.17, 15) is 19.8 Å². The smallest absolute Gasteiger partial charge is 0.255 e. The summed E-state index contributed by atoms with van der Waals surface area (Å²) in [6, 6.07) is 2.38. The zero-order valence-corrected chi connectivity index (χ0v) is 19.9. The van der Waals surface area contributed by atoms with Gasteiger partial charge in [0, 0.05) is 17.2 Å². The molecular formula is C26H36N2O4. The van der Waals surface area contributed by atoms with Crippen LogP contribution in [0, 0.1) is 5.92 Å². The summed E-state index contributed by atoms with van der Waals surface area (Å²) in [6.07, 6.45) is 12.5. The molecule has 0 saturated heterocycles. The van der Waals surface area contributed by atoms with Crippen LogP contribution in [0.4, 0.5) is 11.4 Å². The zero-order valence-electron chi connectivity index (χ0n) is 19.9. The molecule has 1 aromatic carbocycles. The fourth-order valence-electron chi connectivity index (χ4n) is 2.66. The molecule has 1 aliphatic rings. The molecule has 0 aliphatic heterocycles. The number of amides is 2. The van der Waals surface area contributed by atoms with Crippen molar-refractivity contribution in [3.63, 3.8) is 0 Å². The first kappa shape index (κ1) is 28.5. The van der Waals surface area contributed by atoms with Gasteiger partial charge in [-0.3, -0.25) is 9.59 Å². The van der Waals surface area contributed by atoms with Gasteiger partial charge in [0.05, 0.1) is 11.4 Å². The molecule has 0 aromatic heterocycles. The maximum absolute atomic E-state index is 12.5. The second-order valence-corrected chi connectivity index (χ2v) is 6.39. The van der Waals surface area contributed by atoms with Crippen LogP contribution in [0.15, 0.2) is 72.4 Å². The van der Waals surface area contributed by atoms with Gasteiger partial charge in [-0.2, -0.15) is 0 Å². The number of carbonyl (C=O) groups is 2. The number of nitrogens with one attached hydrogen (secondary N) is 2. The van der Waals surface area contributed by atoms with Crippen molar-refractivity contribution < 1.29 is 19.8 Å². The standard InChI is InChI=1S/C22H24N2O4.2C2H6/c1-4-6-9-15(5-2)21(27)23-17-12-18(20(26)13-19(17)25)24-22(28)16-10-7-8-14(3)11-16;2*1-2/h4-10,12-14,25-26H,1,11H2,2-3H3,(H,23,27)(H,24,28);2*1-2H3/b9-6-,15-5+;;. The Labute approximate surface area is 191 Å². The Balaban J connectivity index is 0.00000227. The van der Waals surface area contributed by atoms with E-state index in [1.807, 2.05) is 46.8 Å². The van der Waals surface area contributed by atoms with Crippen molar-refractivity contribution in [2.45, 2.75) is 48.0 Å². The number of hydrogen-bond acceptors (Lipinski definition) is 4. The summed E-state index contributed by atoms with van der Waals surface area (Å²) < 4.78 is 0. The van der Waals surface area contributed by atoms with Crippen LogP contribution in [0.2, 0.25) is 0 Å². The Kier molecular flexibility index (Phi) is 13.6. The van der Waals surface area contributed by atoms with Crippen LogP contribution in [0.1, 0.15) is 48.0 Å². The first-order valence-corrected chi connectivity index (χ1v) is 10.9. The Morgan fingerprint density at radius 2 is 1.66 bits per heavy atom. The van der Waals surface area contributed by atoms with E-state index in [0.29, 0.717) is 17.6 Å². The van der Waals surface area contributed by atoms with E-state index >= 15 is 0 Å². The number of rotatable bonds is 6. The first-order chi connectivity index (χ1) is 15.3. The number of phenols is 2. The topological polar surface area (TPSA) is 98.7 Å². The Hall–Kier alpha value is -3.54. The zero-order chi connectivity index (χ0) is 24.7. The fraction of sp³-hybridized carbons (Fsp3) is 0.308. The van der Waals surface area contributed by atoms with Gasteiger partial charge >= 0.3 is 0 Å². The van der Waals surface area contributed by atoms with Gasteiger partial charge in [-0.15, -0.1) is 0 Å². The van der Waals surface area contributed by atoms with Gasteiger partial charge in [-0.25, -0.2) is 0 Å². The highest BCUT2D eigenvalue weighted by molar-refractivity contribution is 6.08. The average Bonchev–Trinajstić information content (AvgIpc) is 2.80. The first-order valence-electron chi connectivity index (χ1n) is 10.9. The summed E-state index contributed by atoms with van der Waals surface area (Å²) in [5, 5.41) is 25.3. The molecule has 2 rings (SSSR count). The third-order valence-electron chi connectivity index (χ3n) is 4.17. The molecule has 1 atom stereocenters. The van der Waals surface area contributed by atoms with E-state index in [-0.39, 0.29) is 34.7 Å². The molecule has 2 amide bonds.